The van der Waals surface area contributed by atoms with Gasteiger partial charge in [0.2, 0.25) is 0 Å². The first-order valence-electron chi connectivity index (χ1n) is 12.1. The molecule has 1 N–H and O–H groups in total. The van der Waals surface area contributed by atoms with E-state index in [1.165, 1.54) is 17.5 Å². The third-order valence-corrected chi connectivity index (χ3v) is 7.20. The summed E-state index contributed by atoms with van der Waals surface area (Å²) in [6, 6.07) is 13.2. The first-order valence-corrected chi connectivity index (χ1v) is 12.1. The van der Waals surface area contributed by atoms with Gasteiger partial charge >= 0.3 is 0 Å². The minimum Gasteiger partial charge on any atom is -0.507 e. The van der Waals surface area contributed by atoms with Gasteiger partial charge in [-0.3, -0.25) is 9.59 Å². The van der Waals surface area contributed by atoms with Crippen molar-refractivity contribution in [1.82, 2.24) is 9.80 Å². The number of carbonyl (C=O) groups is 2. The first kappa shape index (κ1) is 23.2. The zero-order chi connectivity index (χ0) is 23.5. The molecule has 2 aliphatic rings. The fourth-order valence-electron chi connectivity index (χ4n) is 5.15. The highest BCUT2D eigenvalue weighted by atomic mass is 16.3. The number of carbonyl (C=O) groups excluding carboxylic acids is 2. The van der Waals surface area contributed by atoms with Crippen molar-refractivity contribution in [2.45, 2.75) is 52.5 Å². The van der Waals surface area contributed by atoms with E-state index in [0.717, 1.165) is 43.5 Å². The molecule has 1 aliphatic heterocycles. The number of ketones is 1. The number of rotatable bonds is 7. The van der Waals surface area contributed by atoms with Gasteiger partial charge in [-0.25, -0.2) is 0 Å². The number of likely N-dealkylation sites (N-methyl/N-ethyl adjacent to an activating group) is 1. The minimum atomic E-state index is -0.599. The Morgan fingerprint density at radius 2 is 1.73 bits per heavy atom. The third kappa shape index (κ3) is 4.47. The van der Waals surface area contributed by atoms with Crippen LogP contribution in [-0.2, 0) is 22.4 Å². The quantitative estimate of drug-likeness (QED) is 0.382. The van der Waals surface area contributed by atoms with Gasteiger partial charge in [-0.1, -0.05) is 50.2 Å². The maximum Gasteiger partial charge on any atom is 0.295 e. The van der Waals surface area contributed by atoms with Crippen LogP contribution in [0.1, 0.15) is 60.5 Å². The third-order valence-electron chi connectivity index (χ3n) is 7.20. The molecule has 1 saturated heterocycles. The second kappa shape index (κ2) is 9.92. The zero-order valence-electron chi connectivity index (χ0n) is 19.9. The summed E-state index contributed by atoms with van der Waals surface area (Å²) in [7, 11) is 0. The molecule has 1 heterocycles. The summed E-state index contributed by atoms with van der Waals surface area (Å²) < 4.78 is 0. The first-order chi connectivity index (χ1) is 16.0. The maximum atomic E-state index is 13.3. The molecule has 2 aromatic rings. The normalized spacial score (nSPS) is 19.9. The summed E-state index contributed by atoms with van der Waals surface area (Å²) in [5, 5.41) is 11.4. The minimum absolute atomic E-state index is 0.0692. The molecule has 1 amide bonds. The topological polar surface area (TPSA) is 60.9 Å². The molecule has 1 atom stereocenters. The highest BCUT2D eigenvalue weighted by Crippen LogP contribution is 2.40. The number of aliphatic hydroxyl groups excluding tert-OH is 1. The number of Topliss-reactive ketones (excluding diaryl/α,β-unsaturated/α-hetero) is 1. The molecule has 33 heavy (non-hydrogen) atoms. The molecule has 1 unspecified atom stereocenters. The van der Waals surface area contributed by atoms with Crippen LogP contribution in [0.4, 0.5) is 0 Å². The fourth-order valence-corrected chi connectivity index (χ4v) is 5.15. The summed E-state index contributed by atoms with van der Waals surface area (Å²) in [5.74, 6) is -1.20. The number of amides is 1. The lowest BCUT2D eigenvalue weighted by Crippen LogP contribution is -2.38. The molecule has 0 bridgehead atoms. The Kier molecular flexibility index (Phi) is 6.99. The van der Waals surface area contributed by atoms with Gasteiger partial charge in [0.1, 0.15) is 5.76 Å². The largest absolute Gasteiger partial charge is 0.507 e. The molecule has 5 heteroatoms. The van der Waals surface area contributed by atoms with Crippen LogP contribution in [0.3, 0.4) is 0 Å². The average Bonchev–Trinajstić information content (AvgIpc) is 3.09. The number of aliphatic hydroxyl groups is 1. The second-order valence-corrected chi connectivity index (χ2v) is 9.07. The van der Waals surface area contributed by atoms with E-state index in [1.54, 1.807) is 4.90 Å². The lowest BCUT2D eigenvalue weighted by molar-refractivity contribution is -0.140. The number of benzene rings is 2. The number of nitrogens with zero attached hydrogens (tertiary/aromatic N) is 2. The van der Waals surface area contributed by atoms with Crippen LogP contribution >= 0.6 is 0 Å². The Balaban J connectivity index is 1.80. The molecule has 5 nitrogen and oxygen atoms in total. The summed E-state index contributed by atoms with van der Waals surface area (Å²) in [6.45, 7) is 9.04. The Hall–Kier alpha value is -2.92. The molecular weight excluding hydrogens is 412 g/mol. The Labute approximate surface area is 196 Å². The molecule has 4 rings (SSSR count). The van der Waals surface area contributed by atoms with Gasteiger partial charge in [-0.05, 0) is 74.0 Å². The molecule has 0 radical (unpaired) electrons. The Morgan fingerprint density at radius 3 is 2.42 bits per heavy atom. The van der Waals surface area contributed by atoms with Crippen LogP contribution in [-0.4, -0.2) is 52.8 Å². The Bertz CT molecular complexity index is 1080. The van der Waals surface area contributed by atoms with Gasteiger partial charge in [-0.2, -0.15) is 0 Å². The van der Waals surface area contributed by atoms with Gasteiger partial charge in [-0.15, -0.1) is 0 Å². The molecule has 0 spiro atoms. The van der Waals surface area contributed by atoms with Crippen LogP contribution in [0.2, 0.25) is 0 Å². The number of hydrogen-bond acceptors (Lipinski definition) is 4. The van der Waals surface area contributed by atoms with Crippen molar-refractivity contribution in [3.63, 3.8) is 0 Å². The van der Waals surface area contributed by atoms with E-state index < -0.39 is 17.7 Å². The van der Waals surface area contributed by atoms with Gasteiger partial charge in [0.25, 0.3) is 11.7 Å². The van der Waals surface area contributed by atoms with E-state index in [4.69, 9.17) is 0 Å². The molecule has 1 fully saturated rings. The molecule has 0 saturated carbocycles. The zero-order valence-corrected chi connectivity index (χ0v) is 19.9. The van der Waals surface area contributed by atoms with E-state index in [0.29, 0.717) is 18.7 Å². The molecule has 0 aromatic heterocycles. The van der Waals surface area contributed by atoms with Crippen molar-refractivity contribution < 1.29 is 14.7 Å². The van der Waals surface area contributed by atoms with Crippen LogP contribution in [0.25, 0.3) is 5.76 Å². The SMILES string of the molecule is CCN(CC)CCN1C(=O)C(=O)/C(=C(/O)c2ccc3c(c2)CCCC3)C1c1ccccc1C. The van der Waals surface area contributed by atoms with E-state index in [2.05, 4.69) is 24.8 Å². The van der Waals surface area contributed by atoms with E-state index in [9.17, 15) is 14.7 Å². The van der Waals surface area contributed by atoms with Crippen molar-refractivity contribution >= 4 is 17.4 Å². The standard InChI is InChI=1S/C28H34N2O3/c1-4-29(5-2)16-17-30-25(23-13-9-6-10-19(23)3)24(27(32)28(30)33)26(31)22-15-14-20-11-7-8-12-21(20)18-22/h6,9-10,13-15,18,25,31H,4-5,7-8,11-12,16-17H2,1-3H3/b26-24+. The highest BCUT2D eigenvalue weighted by molar-refractivity contribution is 6.46. The van der Waals surface area contributed by atoms with Gasteiger partial charge in [0.15, 0.2) is 0 Å². The predicted octanol–water partition coefficient (Wildman–Crippen LogP) is 4.64. The maximum absolute atomic E-state index is 13.3. The number of aryl methyl sites for hydroxylation is 3. The van der Waals surface area contributed by atoms with Crippen LogP contribution in [0.5, 0.6) is 0 Å². The van der Waals surface area contributed by atoms with Gasteiger partial charge in [0, 0.05) is 18.7 Å². The van der Waals surface area contributed by atoms with Gasteiger partial charge in [0.05, 0.1) is 11.6 Å². The van der Waals surface area contributed by atoms with Gasteiger partial charge < -0.3 is 14.9 Å². The number of likely N-dealkylation sites (tertiary alicyclic amines) is 1. The number of fused-ring (bicyclic) bond motifs is 1. The van der Waals surface area contributed by atoms with Crippen LogP contribution in [0.15, 0.2) is 48.0 Å². The van der Waals surface area contributed by atoms with Crippen molar-refractivity contribution in [1.29, 1.82) is 0 Å². The number of hydrogen-bond donors (Lipinski definition) is 1. The summed E-state index contributed by atoms with van der Waals surface area (Å²) in [6.07, 6.45) is 4.35. The van der Waals surface area contributed by atoms with Crippen molar-refractivity contribution in [3.05, 3.63) is 75.9 Å². The second-order valence-electron chi connectivity index (χ2n) is 9.07. The van der Waals surface area contributed by atoms with Crippen molar-refractivity contribution in [2.75, 3.05) is 26.2 Å². The molecule has 174 valence electrons. The highest BCUT2D eigenvalue weighted by Gasteiger charge is 2.46. The van der Waals surface area contributed by atoms with E-state index in [-0.39, 0.29) is 11.3 Å². The molecule has 2 aromatic carbocycles. The summed E-state index contributed by atoms with van der Waals surface area (Å²) in [5.41, 5.74) is 5.24. The summed E-state index contributed by atoms with van der Waals surface area (Å²) in [4.78, 5) is 30.3. The lowest BCUT2D eigenvalue weighted by Gasteiger charge is -2.29. The van der Waals surface area contributed by atoms with E-state index >= 15 is 0 Å². The predicted molar refractivity (Wildman–Crippen MR) is 131 cm³/mol. The van der Waals surface area contributed by atoms with Crippen LogP contribution in [0, 0.1) is 6.92 Å². The lowest BCUT2D eigenvalue weighted by atomic mass is 9.88. The molecular formula is C28H34N2O3. The fraction of sp³-hybridized carbons (Fsp3) is 0.429. The van der Waals surface area contributed by atoms with Crippen molar-refractivity contribution in [2.24, 2.45) is 0 Å². The Morgan fingerprint density at radius 1 is 1.03 bits per heavy atom. The van der Waals surface area contributed by atoms with E-state index in [1.807, 2.05) is 43.3 Å². The summed E-state index contributed by atoms with van der Waals surface area (Å²) >= 11 is 0. The monoisotopic (exact) mass is 446 g/mol. The smallest absolute Gasteiger partial charge is 0.295 e. The average molecular weight is 447 g/mol. The van der Waals surface area contributed by atoms with Crippen LogP contribution < -0.4 is 0 Å². The van der Waals surface area contributed by atoms with Crippen molar-refractivity contribution in [3.8, 4) is 0 Å². The molecule has 1 aliphatic carbocycles.